The van der Waals surface area contributed by atoms with Crippen LogP contribution in [0.5, 0.6) is 0 Å². The number of hydrogen-bond donors (Lipinski definition) is 0. The molecule has 2 aliphatic rings. The topological polar surface area (TPSA) is 71.1 Å². The second-order valence-corrected chi connectivity index (χ2v) is 6.71. The lowest BCUT2D eigenvalue weighted by Crippen LogP contribution is -2.40. The predicted octanol–water partition coefficient (Wildman–Crippen LogP) is 2.21. The standard InChI is InChI=1S/C17H26O6/c1-9(2)20-16(18)14-15(17(19)21-10(3)4)23-13(22-14)7-6-12-8-11(12)5/h6-7,9-15H,8H2,1-5H3/b7-6+/t11-,12-,14-,15-/m1/s1. The number of rotatable bonds is 6. The minimum atomic E-state index is -1.10. The van der Waals surface area contributed by atoms with Crippen LogP contribution in [-0.4, -0.2) is 42.6 Å². The normalized spacial score (nSPS) is 31.1. The molecule has 0 spiro atoms. The van der Waals surface area contributed by atoms with E-state index in [1.54, 1.807) is 33.8 Å². The molecule has 1 heterocycles. The van der Waals surface area contributed by atoms with Crippen LogP contribution in [0.1, 0.15) is 41.0 Å². The molecule has 1 saturated heterocycles. The fraction of sp³-hybridized carbons (Fsp3) is 0.765. The van der Waals surface area contributed by atoms with E-state index in [4.69, 9.17) is 18.9 Å². The summed E-state index contributed by atoms with van der Waals surface area (Å²) in [6.45, 7) is 9.11. The van der Waals surface area contributed by atoms with Gasteiger partial charge in [0.25, 0.3) is 0 Å². The first-order valence-corrected chi connectivity index (χ1v) is 8.18. The van der Waals surface area contributed by atoms with Crippen LogP contribution in [0.15, 0.2) is 12.2 Å². The first-order chi connectivity index (χ1) is 10.8. The summed E-state index contributed by atoms with van der Waals surface area (Å²) in [6.07, 6.45) is 1.37. The van der Waals surface area contributed by atoms with Gasteiger partial charge in [-0.15, -0.1) is 0 Å². The van der Waals surface area contributed by atoms with Crippen LogP contribution in [0.2, 0.25) is 0 Å². The Labute approximate surface area is 137 Å². The van der Waals surface area contributed by atoms with Crippen LogP contribution in [0.25, 0.3) is 0 Å². The molecular weight excluding hydrogens is 300 g/mol. The van der Waals surface area contributed by atoms with Crippen molar-refractivity contribution in [3.8, 4) is 0 Å². The van der Waals surface area contributed by atoms with E-state index in [0.717, 1.165) is 6.42 Å². The second-order valence-electron chi connectivity index (χ2n) is 6.71. The molecule has 1 aliphatic heterocycles. The lowest BCUT2D eigenvalue weighted by Gasteiger charge is -2.17. The third kappa shape index (κ3) is 5.04. The average Bonchev–Trinajstić information content (AvgIpc) is 2.97. The summed E-state index contributed by atoms with van der Waals surface area (Å²) in [4.78, 5) is 24.3. The van der Waals surface area contributed by atoms with Crippen LogP contribution < -0.4 is 0 Å². The summed E-state index contributed by atoms with van der Waals surface area (Å²) in [5, 5.41) is 0. The van der Waals surface area contributed by atoms with E-state index < -0.39 is 30.4 Å². The largest absolute Gasteiger partial charge is 0.461 e. The predicted molar refractivity (Wildman–Crippen MR) is 82.4 cm³/mol. The monoisotopic (exact) mass is 326 g/mol. The molecular formula is C17H26O6. The van der Waals surface area contributed by atoms with Gasteiger partial charge in [-0.1, -0.05) is 13.0 Å². The molecule has 23 heavy (non-hydrogen) atoms. The first kappa shape index (κ1) is 17.9. The molecule has 0 unspecified atom stereocenters. The van der Waals surface area contributed by atoms with Crippen molar-refractivity contribution < 1.29 is 28.5 Å². The Morgan fingerprint density at radius 1 is 0.957 bits per heavy atom. The van der Waals surface area contributed by atoms with Crippen LogP contribution in [0, 0.1) is 11.8 Å². The maximum Gasteiger partial charge on any atom is 0.339 e. The van der Waals surface area contributed by atoms with Gasteiger partial charge in [-0.05, 0) is 52.0 Å². The van der Waals surface area contributed by atoms with Crippen molar-refractivity contribution in [2.75, 3.05) is 0 Å². The first-order valence-electron chi connectivity index (χ1n) is 8.18. The number of carbonyl (C=O) groups excluding carboxylic acids is 2. The highest BCUT2D eigenvalue weighted by molar-refractivity contribution is 5.86. The molecule has 0 aromatic rings. The SMILES string of the molecule is CC(C)OC(=O)[C@@H]1OC(/C=C/[C@@H]2C[C@H]2C)O[C@H]1C(=O)OC(C)C. The quantitative estimate of drug-likeness (QED) is 0.550. The minimum Gasteiger partial charge on any atom is -0.461 e. The lowest BCUT2D eigenvalue weighted by molar-refractivity contribution is -0.167. The van der Waals surface area contributed by atoms with Gasteiger partial charge in [-0.25, -0.2) is 9.59 Å². The van der Waals surface area contributed by atoms with E-state index in [1.165, 1.54) is 0 Å². The third-order valence-electron chi connectivity index (χ3n) is 3.69. The zero-order chi connectivity index (χ0) is 17.1. The van der Waals surface area contributed by atoms with E-state index in [0.29, 0.717) is 11.8 Å². The van der Waals surface area contributed by atoms with Gasteiger partial charge in [-0.3, -0.25) is 0 Å². The zero-order valence-electron chi connectivity index (χ0n) is 14.4. The highest BCUT2D eigenvalue weighted by atomic mass is 16.8. The van der Waals surface area contributed by atoms with Crippen LogP contribution in [0.3, 0.4) is 0 Å². The third-order valence-corrected chi connectivity index (χ3v) is 3.69. The molecule has 6 nitrogen and oxygen atoms in total. The Balaban J connectivity index is 2.03. The maximum absolute atomic E-state index is 12.1. The zero-order valence-corrected chi connectivity index (χ0v) is 14.4. The molecule has 0 aromatic carbocycles. The second kappa shape index (κ2) is 7.45. The summed E-state index contributed by atoms with van der Waals surface area (Å²) in [5.74, 6) is -0.0382. The highest BCUT2D eigenvalue weighted by Crippen LogP contribution is 2.39. The molecule has 6 heteroatoms. The van der Waals surface area contributed by atoms with Crippen LogP contribution >= 0.6 is 0 Å². The molecule has 1 aliphatic carbocycles. The Bertz CT molecular complexity index is 440. The highest BCUT2D eigenvalue weighted by Gasteiger charge is 2.47. The van der Waals surface area contributed by atoms with Crippen molar-refractivity contribution in [1.29, 1.82) is 0 Å². The maximum atomic E-state index is 12.1. The fourth-order valence-corrected chi connectivity index (χ4v) is 2.36. The van der Waals surface area contributed by atoms with Gasteiger partial charge in [0.1, 0.15) is 0 Å². The number of allylic oxidation sites excluding steroid dienone is 1. The average molecular weight is 326 g/mol. The van der Waals surface area contributed by atoms with Crippen molar-refractivity contribution in [3.63, 3.8) is 0 Å². The van der Waals surface area contributed by atoms with Crippen LogP contribution in [0.4, 0.5) is 0 Å². The summed E-state index contributed by atoms with van der Waals surface area (Å²) in [5.41, 5.74) is 0. The molecule has 0 bridgehead atoms. The Hall–Kier alpha value is -1.40. The molecule has 2 rings (SSSR count). The molecule has 4 atom stereocenters. The van der Waals surface area contributed by atoms with Gasteiger partial charge < -0.3 is 18.9 Å². The van der Waals surface area contributed by atoms with Crippen LogP contribution in [-0.2, 0) is 28.5 Å². The van der Waals surface area contributed by atoms with Gasteiger partial charge >= 0.3 is 11.9 Å². The molecule has 1 saturated carbocycles. The smallest absolute Gasteiger partial charge is 0.339 e. The summed E-state index contributed by atoms with van der Waals surface area (Å²) < 4.78 is 21.4. The number of carbonyl (C=O) groups is 2. The van der Waals surface area contributed by atoms with Gasteiger partial charge in [0.2, 0.25) is 0 Å². The van der Waals surface area contributed by atoms with Crippen molar-refractivity contribution in [2.24, 2.45) is 11.8 Å². The van der Waals surface area contributed by atoms with Crippen molar-refractivity contribution in [1.82, 2.24) is 0 Å². The minimum absolute atomic E-state index is 0.297. The number of ether oxygens (including phenoxy) is 4. The van der Waals surface area contributed by atoms with Crippen molar-refractivity contribution >= 4 is 11.9 Å². The Morgan fingerprint density at radius 3 is 1.74 bits per heavy atom. The van der Waals surface area contributed by atoms with E-state index in [-0.39, 0.29) is 12.2 Å². The summed E-state index contributed by atoms with van der Waals surface area (Å²) in [6, 6.07) is 0. The summed E-state index contributed by atoms with van der Waals surface area (Å²) in [7, 11) is 0. The number of hydrogen-bond acceptors (Lipinski definition) is 6. The lowest BCUT2D eigenvalue weighted by atomic mass is 10.2. The molecule has 2 fully saturated rings. The molecule has 0 radical (unpaired) electrons. The van der Waals surface area contributed by atoms with Gasteiger partial charge in [0.05, 0.1) is 12.2 Å². The van der Waals surface area contributed by atoms with Gasteiger partial charge in [0, 0.05) is 0 Å². The van der Waals surface area contributed by atoms with Gasteiger partial charge in [0.15, 0.2) is 18.5 Å². The molecule has 0 amide bonds. The Morgan fingerprint density at radius 2 is 1.39 bits per heavy atom. The van der Waals surface area contributed by atoms with Crippen molar-refractivity contribution in [2.45, 2.75) is 71.7 Å². The van der Waals surface area contributed by atoms with E-state index >= 15 is 0 Å². The van der Waals surface area contributed by atoms with E-state index in [9.17, 15) is 9.59 Å². The molecule has 0 aromatic heterocycles. The van der Waals surface area contributed by atoms with E-state index in [2.05, 4.69) is 6.92 Å². The van der Waals surface area contributed by atoms with Gasteiger partial charge in [-0.2, -0.15) is 0 Å². The Kier molecular flexibility index (Phi) is 5.81. The molecule has 0 N–H and O–H groups in total. The fourth-order valence-electron chi connectivity index (χ4n) is 2.36. The summed E-state index contributed by atoms with van der Waals surface area (Å²) >= 11 is 0. The molecule has 130 valence electrons. The van der Waals surface area contributed by atoms with Crippen molar-refractivity contribution in [3.05, 3.63) is 12.2 Å². The number of esters is 2. The van der Waals surface area contributed by atoms with E-state index in [1.807, 2.05) is 6.08 Å².